The Labute approximate surface area is 220 Å². The molecule has 0 spiro atoms. The summed E-state index contributed by atoms with van der Waals surface area (Å²) in [5.41, 5.74) is 6.58. The van der Waals surface area contributed by atoms with Crippen molar-refractivity contribution in [2.45, 2.75) is 46.0 Å². The van der Waals surface area contributed by atoms with Gasteiger partial charge in [-0.2, -0.15) is 5.10 Å². The number of carbonyl (C=O) groups excluding carboxylic acids is 1. The maximum Gasteiger partial charge on any atom is 0.251 e. The van der Waals surface area contributed by atoms with Crippen LogP contribution >= 0.6 is 0 Å². The third-order valence-electron chi connectivity index (χ3n) is 5.79. The molecule has 0 bridgehead atoms. The van der Waals surface area contributed by atoms with Crippen LogP contribution in [-0.2, 0) is 6.42 Å². The summed E-state index contributed by atoms with van der Waals surface area (Å²) in [6, 6.07) is 13.7. The summed E-state index contributed by atoms with van der Waals surface area (Å²) in [5, 5.41) is 9.78. The van der Waals surface area contributed by atoms with E-state index in [4.69, 9.17) is 0 Å². The molecule has 5 heteroatoms. The fraction of sp³-hybridized carbons (Fsp3) is 0.281. The zero-order chi connectivity index (χ0) is 26.3. The van der Waals surface area contributed by atoms with Gasteiger partial charge in [-0.05, 0) is 79.8 Å². The van der Waals surface area contributed by atoms with E-state index in [0.29, 0.717) is 12.1 Å². The lowest BCUT2D eigenvalue weighted by Crippen LogP contribution is -2.24. The van der Waals surface area contributed by atoms with Crippen molar-refractivity contribution >= 4 is 23.8 Å². The Bertz CT molecular complexity index is 1270. The third-order valence-corrected chi connectivity index (χ3v) is 5.79. The number of aryl methyl sites for hydroxylation is 1. The van der Waals surface area contributed by atoms with Gasteiger partial charge in [-0.3, -0.25) is 14.9 Å². The Morgan fingerprint density at radius 3 is 2.68 bits per heavy atom. The van der Waals surface area contributed by atoms with Gasteiger partial charge in [0.25, 0.3) is 5.91 Å². The molecule has 0 aliphatic rings. The highest BCUT2D eigenvalue weighted by molar-refractivity contribution is 5.95. The normalized spacial score (nSPS) is 11.0. The van der Waals surface area contributed by atoms with E-state index in [1.54, 1.807) is 0 Å². The minimum absolute atomic E-state index is 0.0955. The number of nitrogens with zero attached hydrogens (tertiary/aromatic N) is 2. The number of amides is 1. The van der Waals surface area contributed by atoms with Crippen molar-refractivity contribution in [3.05, 3.63) is 101 Å². The zero-order valence-corrected chi connectivity index (χ0v) is 21.9. The molecule has 0 saturated carbocycles. The molecule has 190 valence electrons. The number of unbranched alkanes of at least 4 members (excludes halogenated alkanes) is 1. The number of rotatable bonds is 12. The van der Waals surface area contributed by atoms with Crippen LogP contribution < -0.4 is 5.32 Å². The molecule has 5 nitrogen and oxygen atoms in total. The van der Waals surface area contributed by atoms with Crippen LogP contribution in [-0.4, -0.2) is 35.4 Å². The molecular formula is C32H36N4O. The highest BCUT2D eigenvalue weighted by atomic mass is 16.1. The van der Waals surface area contributed by atoms with Crippen LogP contribution in [0.5, 0.6) is 0 Å². The Balaban J connectivity index is 1.72. The first-order valence-corrected chi connectivity index (χ1v) is 12.9. The number of aromatic amines is 1. The third kappa shape index (κ3) is 9.42. The minimum Gasteiger partial charge on any atom is -0.352 e. The number of aliphatic imine (C=N–C) groups is 1. The highest BCUT2D eigenvalue weighted by Crippen LogP contribution is 2.16. The fourth-order valence-electron chi connectivity index (χ4n) is 3.61. The molecule has 1 aromatic heterocycles. The van der Waals surface area contributed by atoms with E-state index in [0.717, 1.165) is 72.0 Å². The quantitative estimate of drug-likeness (QED) is 0.173. The summed E-state index contributed by atoms with van der Waals surface area (Å²) in [7, 11) is 0. The average Bonchev–Trinajstić information content (AvgIpc) is 3.43. The van der Waals surface area contributed by atoms with E-state index in [-0.39, 0.29) is 5.91 Å². The van der Waals surface area contributed by atoms with Crippen LogP contribution in [0, 0.1) is 11.8 Å². The second-order valence-electron chi connectivity index (χ2n) is 8.94. The molecular weight excluding hydrogens is 456 g/mol. The van der Waals surface area contributed by atoms with Crippen LogP contribution in [0.15, 0.2) is 72.5 Å². The lowest BCUT2D eigenvalue weighted by Gasteiger charge is -2.07. The topological polar surface area (TPSA) is 70.1 Å². The van der Waals surface area contributed by atoms with E-state index in [1.165, 1.54) is 0 Å². The second-order valence-corrected chi connectivity index (χ2v) is 8.94. The fourth-order valence-corrected chi connectivity index (χ4v) is 3.61. The Hall–Kier alpha value is -4.17. The van der Waals surface area contributed by atoms with Gasteiger partial charge in [-0.25, -0.2) is 0 Å². The number of nitrogens with one attached hydrogen (secondary N) is 2. The van der Waals surface area contributed by atoms with E-state index in [9.17, 15) is 4.79 Å². The van der Waals surface area contributed by atoms with Gasteiger partial charge in [0.2, 0.25) is 0 Å². The monoisotopic (exact) mass is 492 g/mol. The highest BCUT2D eigenvalue weighted by Gasteiger charge is 2.08. The van der Waals surface area contributed by atoms with Crippen molar-refractivity contribution in [2.24, 2.45) is 4.99 Å². The van der Waals surface area contributed by atoms with Crippen molar-refractivity contribution in [3.8, 4) is 11.8 Å². The van der Waals surface area contributed by atoms with Gasteiger partial charge in [-0.1, -0.05) is 67.7 Å². The minimum atomic E-state index is -0.0955. The summed E-state index contributed by atoms with van der Waals surface area (Å²) in [4.78, 5) is 17.2. The summed E-state index contributed by atoms with van der Waals surface area (Å²) in [6.45, 7) is 9.49. The first-order chi connectivity index (χ1) is 18.1. The lowest BCUT2D eigenvalue weighted by atomic mass is 10.0. The van der Waals surface area contributed by atoms with Crippen LogP contribution in [0.25, 0.3) is 11.6 Å². The van der Waals surface area contributed by atoms with Gasteiger partial charge in [0.15, 0.2) is 0 Å². The number of hydrogen-bond donors (Lipinski definition) is 2. The molecule has 3 rings (SSSR count). The number of hydrogen-bond acceptors (Lipinski definition) is 3. The Morgan fingerprint density at radius 1 is 1.14 bits per heavy atom. The van der Waals surface area contributed by atoms with Crippen LogP contribution in [0.3, 0.4) is 0 Å². The standard InChI is InChI=1S/C32H36N4O/c1-4-5-19-33-20-7-6-10-29-17-18-31(32(37)34-21-8-9-27-23-35-36-24-27)22-30(29)16-13-26-11-14-28(15-12-26)25(2)3/h6,10-12,14-15,17-19,22-24H,2,4-5,7-9,20-21H2,1,3H3,(H,34,37)(H,35,36)/b10-6+,33-19?. The molecule has 2 aromatic carbocycles. The number of benzene rings is 2. The van der Waals surface area contributed by atoms with Gasteiger partial charge in [-0.15, -0.1) is 0 Å². The van der Waals surface area contributed by atoms with E-state index in [2.05, 4.69) is 58.0 Å². The maximum absolute atomic E-state index is 12.8. The van der Waals surface area contributed by atoms with Crippen molar-refractivity contribution in [3.63, 3.8) is 0 Å². The van der Waals surface area contributed by atoms with Gasteiger partial charge in [0.1, 0.15) is 0 Å². The SMILES string of the molecule is C=C(C)c1ccc(C#Cc2cc(C(=O)NCCCc3cn[nH]c3)ccc2/C=C/CCN=CCCC)cc1. The smallest absolute Gasteiger partial charge is 0.251 e. The lowest BCUT2D eigenvalue weighted by molar-refractivity contribution is 0.0953. The molecule has 0 aliphatic heterocycles. The predicted octanol–water partition coefficient (Wildman–Crippen LogP) is 6.48. The molecule has 0 saturated heterocycles. The number of aromatic nitrogens is 2. The largest absolute Gasteiger partial charge is 0.352 e. The van der Waals surface area contributed by atoms with Gasteiger partial charge in [0.05, 0.1) is 6.20 Å². The van der Waals surface area contributed by atoms with Gasteiger partial charge >= 0.3 is 0 Å². The van der Waals surface area contributed by atoms with Crippen molar-refractivity contribution in [1.82, 2.24) is 15.5 Å². The summed E-state index contributed by atoms with van der Waals surface area (Å²) >= 11 is 0. The zero-order valence-electron chi connectivity index (χ0n) is 21.9. The number of carbonyl (C=O) groups is 1. The van der Waals surface area contributed by atoms with Crippen molar-refractivity contribution < 1.29 is 4.79 Å². The van der Waals surface area contributed by atoms with E-state index < -0.39 is 0 Å². The summed E-state index contributed by atoms with van der Waals surface area (Å²) in [6.07, 6.45) is 14.6. The van der Waals surface area contributed by atoms with Crippen molar-refractivity contribution in [1.29, 1.82) is 0 Å². The van der Waals surface area contributed by atoms with Gasteiger partial charge < -0.3 is 5.32 Å². The molecule has 0 fully saturated rings. The van der Waals surface area contributed by atoms with E-state index in [1.807, 2.05) is 68.0 Å². The number of allylic oxidation sites excluding steroid dienone is 1. The van der Waals surface area contributed by atoms with E-state index >= 15 is 0 Å². The predicted molar refractivity (Wildman–Crippen MR) is 155 cm³/mol. The molecule has 2 N–H and O–H groups in total. The molecule has 1 amide bonds. The Morgan fingerprint density at radius 2 is 1.95 bits per heavy atom. The number of H-pyrrole nitrogens is 1. The van der Waals surface area contributed by atoms with Crippen LogP contribution in [0.2, 0.25) is 0 Å². The molecule has 0 radical (unpaired) electrons. The maximum atomic E-state index is 12.8. The molecule has 0 atom stereocenters. The van der Waals surface area contributed by atoms with Crippen molar-refractivity contribution in [2.75, 3.05) is 13.1 Å². The second kappa shape index (κ2) is 15.1. The van der Waals surface area contributed by atoms with Crippen LogP contribution in [0.4, 0.5) is 0 Å². The molecule has 0 unspecified atom stereocenters. The Kier molecular flexibility index (Phi) is 11.2. The first-order valence-electron chi connectivity index (χ1n) is 12.9. The summed E-state index contributed by atoms with van der Waals surface area (Å²) < 4.78 is 0. The van der Waals surface area contributed by atoms with Crippen LogP contribution in [0.1, 0.15) is 77.7 Å². The summed E-state index contributed by atoms with van der Waals surface area (Å²) in [5.74, 6) is 6.44. The molecule has 1 heterocycles. The average molecular weight is 493 g/mol. The first kappa shape index (κ1) is 27.4. The molecule has 37 heavy (non-hydrogen) atoms. The van der Waals surface area contributed by atoms with Gasteiger partial charge in [0, 0.05) is 36.0 Å². The molecule has 3 aromatic rings. The molecule has 0 aliphatic carbocycles.